The molecule has 2 unspecified atom stereocenters. The summed E-state index contributed by atoms with van der Waals surface area (Å²) in [4.78, 5) is 50.7. The van der Waals surface area contributed by atoms with Gasteiger partial charge in [-0.25, -0.2) is 14.5 Å². The minimum Gasteiger partial charge on any atom is -0.481 e. The summed E-state index contributed by atoms with van der Waals surface area (Å²) in [5.41, 5.74) is 1.58. The number of carbonyl (C=O) groups excluding carboxylic acids is 3. The standard InChI is InChI=1S/C24H28N2O7S/c1-32-23(30)20(12-13-21(27)28)26(24(31)33-15-18-10-6-3-7-11-18)22(29)19(16-34)25-14-17-8-4-2-5-9-17/h2-11,19-20,25,34H,12-16H2,1H3,(H,27,28). The molecule has 10 heteroatoms. The fraction of sp³-hybridized carbons (Fsp3) is 0.333. The van der Waals surface area contributed by atoms with E-state index in [1.54, 1.807) is 30.3 Å². The van der Waals surface area contributed by atoms with Gasteiger partial charge in [-0.05, 0) is 17.5 Å². The second-order valence-corrected chi connectivity index (χ2v) is 7.69. The number of rotatable bonds is 12. The number of aliphatic carboxylic acids is 1. The predicted octanol–water partition coefficient (Wildman–Crippen LogP) is 2.65. The van der Waals surface area contributed by atoms with Gasteiger partial charge in [0.1, 0.15) is 12.6 Å². The molecule has 0 aliphatic carbocycles. The predicted molar refractivity (Wildman–Crippen MR) is 127 cm³/mol. The van der Waals surface area contributed by atoms with Gasteiger partial charge in [-0.3, -0.25) is 9.59 Å². The van der Waals surface area contributed by atoms with Crippen LogP contribution in [0.5, 0.6) is 0 Å². The lowest BCUT2D eigenvalue weighted by Crippen LogP contribution is -2.56. The zero-order valence-electron chi connectivity index (χ0n) is 18.8. The molecule has 2 rings (SSSR count). The van der Waals surface area contributed by atoms with E-state index in [-0.39, 0.29) is 18.8 Å². The number of ether oxygens (including phenoxy) is 2. The molecule has 0 aromatic heterocycles. The summed E-state index contributed by atoms with van der Waals surface area (Å²) >= 11 is 4.23. The minimum absolute atomic E-state index is 0.0148. The Balaban J connectivity index is 2.27. The third kappa shape index (κ3) is 8.20. The van der Waals surface area contributed by atoms with Crippen molar-refractivity contribution >= 4 is 36.6 Å². The molecule has 0 radical (unpaired) electrons. The van der Waals surface area contributed by atoms with Crippen LogP contribution in [0.3, 0.4) is 0 Å². The number of thiol groups is 1. The Morgan fingerprint density at radius 3 is 2.12 bits per heavy atom. The fourth-order valence-electron chi connectivity index (χ4n) is 3.14. The van der Waals surface area contributed by atoms with Gasteiger partial charge in [-0.1, -0.05) is 60.7 Å². The maximum Gasteiger partial charge on any atom is 0.417 e. The second-order valence-electron chi connectivity index (χ2n) is 7.32. The molecule has 0 saturated carbocycles. The lowest BCUT2D eigenvalue weighted by Gasteiger charge is -2.30. The Hall–Kier alpha value is -3.37. The van der Waals surface area contributed by atoms with Gasteiger partial charge in [0.2, 0.25) is 0 Å². The van der Waals surface area contributed by atoms with Crippen LogP contribution in [-0.4, -0.2) is 58.9 Å². The number of amides is 2. The van der Waals surface area contributed by atoms with Crippen LogP contribution in [0.25, 0.3) is 0 Å². The van der Waals surface area contributed by atoms with Gasteiger partial charge in [0.05, 0.1) is 13.2 Å². The fourth-order valence-corrected chi connectivity index (χ4v) is 3.43. The maximum atomic E-state index is 13.4. The van der Waals surface area contributed by atoms with E-state index in [0.717, 1.165) is 12.7 Å². The van der Waals surface area contributed by atoms with E-state index in [2.05, 4.69) is 17.9 Å². The van der Waals surface area contributed by atoms with E-state index in [0.29, 0.717) is 17.0 Å². The van der Waals surface area contributed by atoms with E-state index in [9.17, 15) is 19.2 Å². The number of imide groups is 1. The van der Waals surface area contributed by atoms with Gasteiger partial charge >= 0.3 is 18.0 Å². The zero-order chi connectivity index (χ0) is 24.9. The molecule has 0 fully saturated rings. The number of methoxy groups -OCH3 is 1. The van der Waals surface area contributed by atoms with Crippen molar-refractivity contribution in [3.63, 3.8) is 0 Å². The van der Waals surface area contributed by atoms with Gasteiger partial charge in [0.15, 0.2) is 0 Å². The molecule has 0 saturated heterocycles. The van der Waals surface area contributed by atoms with Crippen molar-refractivity contribution in [2.75, 3.05) is 12.9 Å². The molecule has 2 aromatic carbocycles. The SMILES string of the molecule is COC(=O)C(CCC(=O)O)N(C(=O)OCc1ccccc1)C(=O)C(CS)NCc1ccccc1. The molecule has 0 aliphatic heterocycles. The quantitative estimate of drug-likeness (QED) is 0.308. The second kappa shape index (κ2) is 14.0. The molecule has 2 aromatic rings. The number of hydrogen-bond donors (Lipinski definition) is 3. The highest BCUT2D eigenvalue weighted by molar-refractivity contribution is 7.80. The number of benzene rings is 2. The highest BCUT2D eigenvalue weighted by atomic mass is 32.1. The van der Waals surface area contributed by atoms with Crippen LogP contribution in [0, 0.1) is 0 Å². The van der Waals surface area contributed by atoms with Crippen molar-refractivity contribution in [2.45, 2.75) is 38.1 Å². The number of nitrogens with zero attached hydrogens (tertiary/aromatic N) is 1. The molecular formula is C24H28N2O7S. The van der Waals surface area contributed by atoms with Gasteiger partial charge < -0.3 is 19.9 Å². The van der Waals surface area contributed by atoms with Crippen LogP contribution < -0.4 is 5.32 Å². The molecule has 9 nitrogen and oxygen atoms in total. The van der Waals surface area contributed by atoms with Crippen LogP contribution in [0.1, 0.15) is 24.0 Å². The summed E-state index contributed by atoms with van der Waals surface area (Å²) in [6.07, 6.45) is -1.87. The summed E-state index contributed by atoms with van der Waals surface area (Å²) in [6, 6.07) is 15.7. The first-order chi connectivity index (χ1) is 16.4. The maximum absolute atomic E-state index is 13.4. The third-order valence-electron chi connectivity index (χ3n) is 4.93. The molecule has 2 N–H and O–H groups in total. The van der Waals surface area contributed by atoms with Crippen molar-refractivity contribution in [3.8, 4) is 0 Å². The number of hydrogen-bond acceptors (Lipinski definition) is 8. The van der Waals surface area contributed by atoms with Crippen molar-refractivity contribution in [1.29, 1.82) is 0 Å². The molecule has 182 valence electrons. The van der Waals surface area contributed by atoms with Crippen molar-refractivity contribution in [1.82, 2.24) is 10.2 Å². The van der Waals surface area contributed by atoms with E-state index < -0.39 is 42.4 Å². The Kier molecular flexibility index (Phi) is 11.1. The van der Waals surface area contributed by atoms with Crippen LogP contribution in [0.2, 0.25) is 0 Å². The van der Waals surface area contributed by atoms with Crippen molar-refractivity contribution in [3.05, 3.63) is 71.8 Å². The summed E-state index contributed by atoms with van der Waals surface area (Å²) < 4.78 is 10.1. The van der Waals surface area contributed by atoms with Gasteiger partial charge in [-0.2, -0.15) is 12.6 Å². The summed E-state index contributed by atoms with van der Waals surface area (Å²) in [5.74, 6) is -2.87. The largest absolute Gasteiger partial charge is 0.481 e. The summed E-state index contributed by atoms with van der Waals surface area (Å²) in [6.45, 7) is 0.169. The van der Waals surface area contributed by atoms with Gasteiger partial charge in [-0.15, -0.1) is 0 Å². The number of carboxylic acids is 1. The Labute approximate surface area is 203 Å². The number of carboxylic acid groups (broad SMARTS) is 1. The normalized spacial score (nSPS) is 12.3. The Bertz CT molecular complexity index is 956. The van der Waals surface area contributed by atoms with E-state index >= 15 is 0 Å². The van der Waals surface area contributed by atoms with E-state index in [1.807, 2.05) is 30.3 Å². The number of carbonyl (C=O) groups is 4. The molecule has 2 atom stereocenters. The summed E-state index contributed by atoms with van der Waals surface area (Å²) in [5, 5.41) is 12.1. The van der Waals surface area contributed by atoms with E-state index in [4.69, 9.17) is 14.6 Å². The highest BCUT2D eigenvalue weighted by Gasteiger charge is 2.39. The molecule has 34 heavy (non-hydrogen) atoms. The lowest BCUT2D eigenvalue weighted by atomic mass is 10.1. The van der Waals surface area contributed by atoms with Crippen LogP contribution in [-0.2, 0) is 37.0 Å². The first-order valence-electron chi connectivity index (χ1n) is 10.6. The molecule has 2 amide bonds. The van der Waals surface area contributed by atoms with Crippen molar-refractivity contribution < 1.29 is 33.8 Å². The van der Waals surface area contributed by atoms with Crippen molar-refractivity contribution in [2.24, 2.45) is 0 Å². The van der Waals surface area contributed by atoms with Gasteiger partial charge in [0.25, 0.3) is 5.91 Å². The zero-order valence-corrected chi connectivity index (χ0v) is 19.6. The van der Waals surface area contributed by atoms with E-state index in [1.165, 1.54) is 0 Å². The van der Waals surface area contributed by atoms with Crippen LogP contribution in [0.15, 0.2) is 60.7 Å². The molecule has 0 spiro atoms. The lowest BCUT2D eigenvalue weighted by molar-refractivity contribution is -0.153. The Morgan fingerprint density at radius 2 is 1.59 bits per heavy atom. The van der Waals surface area contributed by atoms with Crippen LogP contribution in [0.4, 0.5) is 4.79 Å². The average molecular weight is 489 g/mol. The first kappa shape index (κ1) is 26.9. The average Bonchev–Trinajstić information content (AvgIpc) is 2.86. The minimum atomic E-state index is -1.47. The summed E-state index contributed by atoms with van der Waals surface area (Å²) in [7, 11) is 1.10. The third-order valence-corrected chi connectivity index (χ3v) is 5.30. The van der Waals surface area contributed by atoms with Crippen LogP contribution >= 0.6 is 12.6 Å². The monoisotopic (exact) mass is 488 g/mol. The molecule has 0 heterocycles. The molecular weight excluding hydrogens is 460 g/mol. The highest BCUT2D eigenvalue weighted by Crippen LogP contribution is 2.16. The smallest absolute Gasteiger partial charge is 0.417 e. The topological polar surface area (TPSA) is 122 Å². The Morgan fingerprint density at radius 1 is 1.00 bits per heavy atom. The first-order valence-corrected chi connectivity index (χ1v) is 11.2. The number of nitrogens with one attached hydrogen (secondary N) is 1. The molecule has 0 bridgehead atoms. The van der Waals surface area contributed by atoms with Gasteiger partial charge in [0, 0.05) is 18.7 Å². The number of esters is 1. The molecule has 0 aliphatic rings.